The van der Waals surface area contributed by atoms with Gasteiger partial charge in [-0.1, -0.05) is 18.2 Å². The van der Waals surface area contributed by atoms with Gasteiger partial charge >= 0.3 is 0 Å². The third-order valence-corrected chi connectivity index (χ3v) is 8.94. The summed E-state index contributed by atoms with van der Waals surface area (Å²) in [5.41, 5.74) is 2.23. The van der Waals surface area contributed by atoms with Gasteiger partial charge in [0, 0.05) is 38.1 Å². The minimum absolute atomic E-state index is 0.266. The molecular weight excluding hydrogens is 462 g/mol. The molecule has 1 fully saturated rings. The van der Waals surface area contributed by atoms with Gasteiger partial charge in [-0.25, -0.2) is 18.1 Å². The molecule has 1 saturated heterocycles. The number of rotatable bonds is 8. The second-order valence-corrected chi connectivity index (χ2v) is 11.3. The van der Waals surface area contributed by atoms with Crippen LogP contribution < -0.4 is 9.62 Å². The van der Waals surface area contributed by atoms with Crippen LogP contribution in [0.15, 0.2) is 52.9 Å². The number of anilines is 1. The number of aromatic nitrogens is 2. The number of piperazine rings is 1. The molecule has 2 aromatic carbocycles. The van der Waals surface area contributed by atoms with Gasteiger partial charge in [-0.3, -0.25) is 4.90 Å². The minimum atomic E-state index is -3.54. The van der Waals surface area contributed by atoms with Crippen LogP contribution in [-0.2, 0) is 10.0 Å². The molecule has 0 atom stereocenters. The van der Waals surface area contributed by atoms with Gasteiger partial charge in [-0.05, 0) is 55.2 Å². The van der Waals surface area contributed by atoms with Crippen LogP contribution in [0.4, 0.5) is 5.82 Å². The van der Waals surface area contributed by atoms with E-state index in [9.17, 15) is 8.42 Å². The standard InChI is InChI=1S/C22H25N5O2S3/c28-32(29,20-9-5-8-19-21(20)23-16-30-19)24-10-3-4-11-26-12-14-27(15-13-26)22-17-6-1-2-7-18(17)31-25-22/h1-2,5-9,16,24H,3-4,10-15H2. The normalized spacial score (nSPS) is 15.7. The summed E-state index contributed by atoms with van der Waals surface area (Å²) in [5, 5.41) is 1.24. The van der Waals surface area contributed by atoms with Gasteiger partial charge in [0.2, 0.25) is 10.0 Å². The maximum Gasteiger partial charge on any atom is 0.242 e. The van der Waals surface area contributed by atoms with Crippen molar-refractivity contribution < 1.29 is 8.42 Å². The van der Waals surface area contributed by atoms with E-state index in [0.29, 0.717) is 12.1 Å². The number of nitrogens with zero attached hydrogens (tertiary/aromatic N) is 4. The van der Waals surface area contributed by atoms with Crippen LogP contribution >= 0.6 is 22.9 Å². The summed E-state index contributed by atoms with van der Waals surface area (Å²) in [6.45, 7) is 5.37. The average Bonchev–Trinajstić information content (AvgIpc) is 3.46. The third-order valence-electron chi connectivity index (χ3n) is 5.84. The van der Waals surface area contributed by atoms with Crippen molar-refractivity contribution in [2.75, 3.05) is 44.2 Å². The van der Waals surface area contributed by atoms with E-state index in [0.717, 1.165) is 56.1 Å². The van der Waals surface area contributed by atoms with Crippen molar-refractivity contribution in [2.24, 2.45) is 0 Å². The maximum absolute atomic E-state index is 12.7. The fourth-order valence-corrected chi connectivity index (χ4v) is 6.91. The lowest BCUT2D eigenvalue weighted by Crippen LogP contribution is -2.46. The molecule has 0 saturated carbocycles. The summed E-state index contributed by atoms with van der Waals surface area (Å²) in [4.78, 5) is 9.31. The number of unbranched alkanes of at least 4 members (excludes halogenated alkanes) is 1. The van der Waals surface area contributed by atoms with Gasteiger partial charge in [0.05, 0.1) is 14.9 Å². The minimum Gasteiger partial charge on any atom is -0.353 e. The number of fused-ring (bicyclic) bond motifs is 2. The molecule has 1 aliphatic heterocycles. The van der Waals surface area contributed by atoms with Crippen molar-refractivity contribution in [2.45, 2.75) is 17.7 Å². The molecule has 4 aromatic rings. The summed E-state index contributed by atoms with van der Waals surface area (Å²) in [5.74, 6) is 1.11. The van der Waals surface area contributed by atoms with Gasteiger partial charge in [-0.2, -0.15) is 4.37 Å². The zero-order valence-corrected chi connectivity index (χ0v) is 20.1. The van der Waals surface area contributed by atoms with Crippen LogP contribution in [-0.4, -0.2) is 61.9 Å². The third kappa shape index (κ3) is 4.51. The van der Waals surface area contributed by atoms with Crippen molar-refractivity contribution in [3.05, 3.63) is 48.0 Å². The zero-order valence-electron chi connectivity index (χ0n) is 17.6. The first-order valence-corrected chi connectivity index (χ1v) is 13.9. The quantitative estimate of drug-likeness (QED) is 0.381. The van der Waals surface area contributed by atoms with E-state index in [1.807, 2.05) is 6.07 Å². The van der Waals surface area contributed by atoms with Crippen LogP contribution in [0.5, 0.6) is 0 Å². The number of hydrogen-bond acceptors (Lipinski definition) is 8. The largest absolute Gasteiger partial charge is 0.353 e. The number of sulfonamides is 1. The Labute approximate surface area is 195 Å². The molecule has 2 aromatic heterocycles. The van der Waals surface area contributed by atoms with Crippen molar-refractivity contribution in [3.63, 3.8) is 0 Å². The molecule has 168 valence electrons. The Hall–Kier alpha value is -2.11. The average molecular weight is 488 g/mol. The fraction of sp³-hybridized carbons (Fsp3) is 0.364. The summed E-state index contributed by atoms with van der Waals surface area (Å²) in [7, 11) is -3.54. The van der Waals surface area contributed by atoms with Crippen LogP contribution in [0.25, 0.3) is 20.3 Å². The first-order valence-electron chi connectivity index (χ1n) is 10.8. The van der Waals surface area contributed by atoms with Crippen molar-refractivity contribution in [1.29, 1.82) is 0 Å². The van der Waals surface area contributed by atoms with E-state index in [4.69, 9.17) is 0 Å². The number of para-hydroxylation sites is 1. The molecule has 0 unspecified atom stereocenters. The highest BCUT2D eigenvalue weighted by Gasteiger charge is 2.21. The van der Waals surface area contributed by atoms with Crippen LogP contribution in [0.3, 0.4) is 0 Å². The van der Waals surface area contributed by atoms with Crippen molar-refractivity contribution in [1.82, 2.24) is 19.0 Å². The van der Waals surface area contributed by atoms with E-state index in [1.54, 1.807) is 29.2 Å². The SMILES string of the molecule is O=S(=O)(NCCCCN1CCN(c2nsc3ccccc23)CC1)c1cccc2scnc12. The Morgan fingerprint density at radius 3 is 2.66 bits per heavy atom. The Morgan fingerprint density at radius 2 is 1.78 bits per heavy atom. The van der Waals surface area contributed by atoms with E-state index in [1.165, 1.54) is 21.4 Å². The van der Waals surface area contributed by atoms with E-state index in [-0.39, 0.29) is 4.90 Å². The number of nitrogens with one attached hydrogen (secondary N) is 1. The highest BCUT2D eigenvalue weighted by atomic mass is 32.2. The van der Waals surface area contributed by atoms with Gasteiger partial charge in [-0.15, -0.1) is 11.3 Å². The topological polar surface area (TPSA) is 78.4 Å². The molecule has 32 heavy (non-hydrogen) atoms. The number of benzene rings is 2. The molecule has 0 radical (unpaired) electrons. The van der Waals surface area contributed by atoms with Gasteiger partial charge in [0.1, 0.15) is 16.2 Å². The lowest BCUT2D eigenvalue weighted by Gasteiger charge is -2.35. The Balaban J connectivity index is 1.07. The second kappa shape index (κ2) is 9.40. The molecule has 1 aliphatic rings. The van der Waals surface area contributed by atoms with Crippen LogP contribution in [0.2, 0.25) is 0 Å². The summed E-state index contributed by atoms with van der Waals surface area (Å²) in [6, 6.07) is 13.7. The zero-order chi connectivity index (χ0) is 22.0. The lowest BCUT2D eigenvalue weighted by molar-refractivity contribution is 0.253. The van der Waals surface area contributed by atoms with Crippen LogP contribution in [0.1, 0.15) is 12.8 Å². The molecular formula is C22H25N5O2S3. The summed E-state index contributed by atoms with van der Waals surface area (Å²) in [6.07, 6.45) is 1.77. The molecule has 3 heterocycles. The highest BCUT2D eigenvalue weighted by molar-refractivity contribution is 7.89. The van der Waals surface area contributed by atoms with Gasteiger partial charge in [0.25, 0.3) is 0 Å². The predicted molar refractivity (Wildman–Crippen MR) is 132 cm³/mol. The smallest absolute Gasteiger partial charge is 0.242 e. The lowest BCUT2D eigenvalue weighted by atomic mass is 10.2. The molecule has 5 rings (SSSR count). The first kappa shape index (κ1) is 21.7. The second-order valence-electron chi connectivity index (χ2n) is 7.89. The summed E-state index contributed by atoms with van der Waals surface area (Å²) >= 11 is 3.01. The highest BCUT2D eigenvalue weighted by Crippen LogP contribution is 2.30. The van der Waals surface area contributed by atoms with Crippen molar-refractivity contribution >= 4 is 59.0 Å². The number of thiazole rings is 1. The molecule has 1 N–H and O–H groups in total. The molecule has 0 bridgehead atoms. The monoisotopic (exact) mass is 487 g/mol. The van der Waals surface area contributed by atoms with E-state index < -0.39 is 10.0 Å². The Morgan fingerprint density at radius 1 is 0.969 bits per heavy atom. The fourth-order valence-electron chi connectivity index (χ4n) is 4.11. The Bertz CT molecular complexity index is 1310. The molecule has 10 heteroatoms. The van der Waals surface area contributed by atoms with Crippen LogP contribution in [0, 0.1) is 0 Å². The first-order chi connectivity index (χ1) is 15.6. The van der Waals surface area contributed by atoms with E-state index >= 15 is 0 Å². The van der Waals surface area contributed by atoms with Gasteiger partial charge in [0.15, 0.2) is 0 Å². The molecule has 0 aliphatic carbocycles. The van der Waals surface area contributed by atoms with Crippen molar-refractivity contribution in [3.8, 4) is 0 Å². The molecule has 7 nitrogen and oxygen atoms in total. The number of hydrogen-bond donors (Lipinski definition) is 1. The molecule has 0 spiro atoms. The van der Waals surface area contributed by atoms with E-state index in [2.05, 4.69) is 48.1 Å². The molecule has 0 amide bonds. The Kier molecular flexibility index (Phi) is 6.38. The summed E-state index contributed by atoms with van der Waals surface area (Å²) < 4.78 is 34.9. The predicted octanol–water partition coefficient (Wildman–Crippen LogP) is 3.79. The maximum atomic E-state index is 12.7. The van der Waals surface area contributed by atoms with Gasteiger partial charge < -0.3 is 4.90 Å².